The van der Waals surface area contributed by atoms with Gasteiger partial charge in [-0.2, -0.15) is 0 Å². The first kappa shape index (κ1) is 13.3. The molecular weight excluding hydrogens is 231 g/mol. The van der Waals surface area contributed by atoms with Gasteiger partial charge in [0.25, 0.3) is 0 Å². The third kappa shape index (κ3) is 3.68. The highest BCUT2D eigenvalue weighted by Crippen LogP contribution is 2.16. The van der Waals surface area contributed by atoms with E-state index >= 15 is 0 Å². The van der Waals surface area contributed by atoms with Crippen molar-refractivity contribution in [2.24, 2.45) is 0 Å². The van der Waals surface area contributed by atoms with Crippen molar-refractivity contribution in [1.29, 1.82) is 0 Å². The minimum absolute atomic E-state index is 0.179. The van der Waals surface area contributed by atoms with Gasteiger partial charge >= 0.3 is 0 Å². The number of anilines is 1. The molecule has 0 aromatic heterocycles. The molecule has 1 fully saturated rings. The molecule has 1 unspecified atom stereocenters. The topological polar surface area (TPSA) is 24.5 Å². The molecule has 4 heteroatoms. The van der Waals surface area contributed by atoms with Crippen LogP contribution in [0, 0.1) is 5.82 Å². The van der Waals surface area contributed by atoms with Crippen molar-refractivity contribution in [3.05, 3.63) is 30.1 Å². The Bertz CT molecular complexity index is 367. The van der Waals surface area contributed by atoms with Gasteiger partial charge in [0.15, 0.2) is 0 Å². The van der Waals surface area contributed by atoms with Gasteiger partial charge in [0.2, 0.25) is 0 Å². The average molecular weight is 252 g/mol. The lowest BCUT2D eigenvalue weighted by molar-refractivity contribution is 0.0249. The van der Waals surface area contributed by atoms with Gasteiger partial charge in [-0.1, -0.05) is 6.07 Å². The Morgan fingerprint density at radius 1 is 1.50 bits per heavy atom. The van der Waals surface area contributed by atoms with Crippen molar-refractivity contribution in [1.82, 2.24) is 5.32 Å². The van der Waals surface area contributed by atoms with Gasteiger partial charge in [-0.05, 0) is 31.5 Å². The second kappa shape index (κ2) is 6.71. The molecule has 1 aliphatic heterocycles. The first-order valence-corrected chi connectivity index (χ1v) is 6.62. The average Bonchev–Trinajstić information content (AvgIpc) is 2.41. The lowest BCUT2D eigenvalue weighted by atomic mass is 10.2. The molecule has 1 N–H and O–H groups in total. The Morgan fingerprint density at radius 2 is 2.39 bits per heavy atom. The maximum Gasteiger partial charge on any atom is 0.125 e. The second-order valence-electron chi connectivity index (χ2n) is 4.55. The number of halogens is 1. The molecule has 2 rings (SSSR count). The molecule has 1 aromatic carbocycles. The molecule has 1 aliphatic rings. The number of nitrogens with one attached hydrogen (secondary N) is 1. The van der Waals surface area contributed by atoms with Crippen LogP contribution in [0.4, 0.5) is 10.1 Å². The SMILES string of the molecule is CCN(CCC1CNCCO1)c1cccc(F)c1. The minimum Gasteiger partial charge on any atom is -0.376 e. The number of hydrogen-bond acceptors (Lipinski definition) is 3. The normalized spacial score (nSPS) is 19.8. The van der Waals surface area contributed by atoms with Gasteiger partial charge in [0.05, 0.1) is 12.7 Å². The van der Waals surface area contributed by atoms with E-state index in [1.165, 1.54) is 6.07 Å². The van der Waals surface area contributed by atoms with E-state index in [2.05, 4.69) is 17.1 Å². The van der Waals surface area contributed by atoms with Crippen LogP contribution in [0.2, 0.25) is 0 Å². The summed E-state index contributed by atoms with van der Waals surface area (Å²) in [6.07, 6.45) is 1.25. The van der Waals surface area contributed by atoms with Crippen molar-refractivity contribution >= 4 is 5.69 Å². The summed E-state index contributed by atoms with van der Waals surface area (Å²) >= 11 is 0. The van der Waals surface area contributed by atoms with Crippen molar-refractivity contribution < 1.29 is 9.13 Å². The standard InChI is InChI=1S/C14H21FN2O/c1-2-17(13-5-3-4-12(15)10-13)8-6-14-11-16-7-9-18-14/h3-5,10,14,16H,2,6-9,11H2,1H3. The zero-order valence-electron chi connectivity index (χ0n) is 10.9. The zero-order valence-corrected chi connectivity index (χ0v) is 10.9. The van der Waals surface area contributed by atoms with Crippen LogP contribution in [-0.2, 0) is 4.74 Å². The van der Waals surface area contributed by atoms with E-state index in [1.54, 1.807) is 12.1 Å². The van der Waals surface area contributed by atoms with E-state index in [9.17, 15) is 4.39 Å². The largest absolute Gasteiger partial charge is 0.376 e. The lowest BCUT2D eigenvalue weighted by Crippen LogP contribution is -2.40. The molecule has 18 heavy (non-hydrogen) atoms. The van der Waals surface area contributed by atoms with Crippen LogP contribution in [0.1, 0.15) is 13.3 Å². The third-order valence-electron chi connectivity index (χ3n) is 3.28. The summed E-state index contributed by atoms with van der Waals surface area (Å²) in [5.41, 5.74) is 0.946. The molecule has 0 aliphatic carbocycles. The van der Waals surface area contributed by atoms with Gasteiger partial charge in [-0.3, -0.25) is 0 Å². The first-order valence-electron chi connectivity index (χ1n) is 6.62. The van der Waals surface area contributed by atoms with Gasteiger partial charge in [0.1, 0.15) is 5.82 Å². The fourth-order valence-electron chi connectivity index (χ4n) is 2.25. The van der Waals surface area contributed by atoms with E-state index in [-0.39, 0.29) is 11.9 Å². The van der Waals surface area contributed by atoms with Gasteiger partial charge in [-0.15, -0.1) is 0 Å². The summed E-state index contributed by atoms with van der Waals surface area (Å²) in [4.78, 5) is 2.18. The van der Waals surface area contributed by atoms with Crippen LogP contribution < -0.4 is 10.2 Å². The Balaban J connectivity index is 1.88. The van der Waals surface area contributed by atoms with Crippen LogP contribution in [0.25, 0.3) is 0 Å². The Hall–Kier alpha value is -1.13. The number of morpholine rings is 1. The van der Waals surface area contributed by atoms with Gasteiger partial charge < -0.3 is 15.0 Å². The Labute approximate surface area is 108 Å². The van der Waals surface area contributed by atoms with Gasteiger partial charge in [0, 0.05) is 31.9 Å². The number of benzene rings is 1. The quantitative estimate of drug-likeness (QED) is 0.868. The van der Waals surface area contributed by atoms with Crippen LogP contribution in [0.15, 0.2) is 24.3 Å². The molecule has 0 bridgehead atoms. The number of nitrogens with zero attached hydrogens (tertiary/aromatic N) is 1. The molecular formula is C14H21FN2O. The highest BCUT2D eigenvalue weighted by atomic mass is 19.1. The van der Waals surface area contributed by atoms with Crippen LogP contribution in [0.5, 0.6) is 0 Å². The van der Waals surface area contributed by atoms with E-state index in [0.717, 1.165) is 44.9 Å². The third-order valence-corrected chi connectivity index (χ3v) is 3.28. The summed E-state index contributed by atoms with van der Waals surface area (Å²) in [5.74, 6) is -0.179. The summed E-state index contributed by atoms with van der Waals surface area (Å²) in [5, 5.41) is 3.32. The number of ether oxygens (including phenoxy) is 1. The van der Waals surface area contributed by atoms with Gasteiger partial charge in [-0.25, -0.2) is 4.39 Å². The monoisotopic (exact) mass is 252 g/mol. The lowest BCUT2D eigenvalue weighted by Gasteiger charge is -2.28. The number of hydrogen-bond donors (Lipinski definition) is 1. The molecule has 0 saturated carbocycles. The predicted octanol–water partition coefficient (Wildman–Crippen LogP) is 2.03. The first-order chi connectivity index (χ1) is 8.79. The highest BCUT2D eigenvalue weighted by molar-refractivity contribution is 5.46. The molecule has 1 atom stereocenters. The Kier molecular flexibility index (Phi) is 4.96. The van der Waals surface area contributed by atoms with Crippen molar-refractivity contribution in [2.45, 2.75) is 19.4 Å². The maximum atomic E-state index is 13.2. The molecule has 0 amide bonds. The second-order valence-corrected chi connectivity index (χ2v) is 4.55. The molecule has 0 radical (unpaired) electrons. The fourth-order valence-corrected chi connectivity index (χ4v) is 2.25. The zero-order chi connectivity index (χ0) is 12.8. The van der Waals surface area contributed by atoms with Crippen molar-refractivity contribution in [3.63, 3.8) is 0 Å². The molecule has 3 nitrogen and oxygen atoms in total. The summed E-state index contributed by atoms with van der Waals surface area (Å²) in [6.45, 7) is 6.51. The maximum absolute atomic E-state index is 13.2. The van der Waals surface area contributed by atoms with Crippen LogP contribution >= 0.6 is 0 Å². The minimum atomic E-state index is -0.179. The molecule has 1 saturated heterocycles. The molecule has 0 spiro atoms. The summed E-state index contributed by atoms with van der Waals surface area (Å²) in [6, 6.07) is 6.77. The van der Waals surface area contributed by atoms with Crippen molar-refractivity contribution in [3.8, 4) is 0 Å². The van der Waals surface area contributed by atoms with Crippen molar-refractivity contribution in [2.75, 3.05) is 37.7 Å². The highest BCUT2D eigenvalue weighted by Gasteiger charge is 2.14. The van der Waals surface area contributed by atoms with E-state index in [4.69, 9.17) is 4.74 Å². The van der Waals surface area contributed by atoms with E-state index in [0.29, 0.717) is 0 Å². The molecule has 100 valence electrons. The summed E-state index contributed by atoms with van der Waals surface area (Å²) < 4.78 is 18.9. The van der Waals surface area contributed by atoms with E-state index < -0.39 is 0 Å². The summed E-state index contributed by atoms with van der Waals surface area (Å²) in [7, 11) is 0. The molecule has 1 aromatic rings. The fraction of sp³-hybridized carbons (Fsp3) is 0.571. The van der Waals surface area contributed by atoms with E-state index in [1.807, 2.05) is 6.07 Å². The molecule has 1 heterocycles. The smallest absolute Gasteiger partial charge is 0.125 e. The van der Waals surface area contributed by atoms with Crippen LogP contribution in [0.3, 0.4) is 0 Å². The Morgan fingerprint density at radius 3 is 3.06 bits per heavy atom. The number of rotatable bonds is 5. The predicted molar refractivity (Wildman–Crippen MR) is 71.5 cm³/mol. The van der Waals surface area contributed by atoms with Crippen LogP contribution in [-0.4, -0.2) is 38.9 Å².